The summed E-state index contributed by atoms with van der Waals surface area (Å²) in [4.78, 5) is 19.7. The second kappa shape index (κ2) is 10.1. The molecule has 0 aliphatic carbocycles. The number of halogens is 1. The van der Waals surface area contributed by atoms with Crippen molar-refractivity contribution in [3.8, 4) is 0 Å². The molecule has 5 rings (SSSR count). The monoisotopic (exact) mass is 486 g/mol. The smallest absolute Gasteiger partial charge is 0.264 e. The van der Waals surface area contributed by atoms with E-state index in [0.29, 0.717) is 6.54 Å². The largest absolute Gasteiger partial charge is 0.379 e. The summed E-state index contributed by atoms with van der Waals surface area (Å²) in [6.45, 7) is 9.38. The summed E-state index contributed by atoms with van der Waals surface area (Å²) < 4.78 is 7.45. The third-order valence-electron chi connectivity index (χ3n) is 6.92. The van der Waals surface area contributed by atoms with Gasteiger partial charge in [-0.3, -0.25) is 14.4 Å². The van der Waals surface area contributed by atoms with Crippen LogP contribution in [0.3, 0.4) is 0 Å². The number of thiophene rings is 1. The van der Waals surface area contributed by atoms with E-state index in [4.69, 9.17) is 21.4 Å². The highest BCUT2D eigenvalue weighted by molar-refractivity contribution is 7.20. The average molecular weight is 487 g/mol. The first-order valence-corrected chi connectivity index (χ1v) is 13.1. The van der Waals surface area contributed by atoms with E-state index in [1.165, 1.54) is 6.42 Å². The molecule has 0 saturated carbocycles. The minimum absolute atomic E-state index is 0.167. The molecule has 4 heterocycles. The van der Waals surface area contributed by atoms with Gasteiger partial charge in [0.05, 0.1) is 30.3 Å². The van der Waals surface area contributed by atoms with Crippen LogP contribution in [0, 0.1) is 12.8 Å². The Kier molecular flexibility index (Phi) is 7.02. The first-order chi connectivity index (χ1) is 16.1. The maximum Gasteiger partial charge on any atom is 0.264 e. The fourth-order valence-corrected chi connectivity index (χ4v) is 6.11. The molecule has 176 valence electrons. The number of nitrogens with zero attached hydrogens (tertiary/aromatic N) is 4. The van der Waals surface area contributed by atoms with Crippen LogP contribution in [-0.2, 0) is 11.3 Å². The SMILES string of the molecule is Cc1nn(Cc2ccc(Cl)cc2)c2sc(C(=O)N3CCC(CCN4CCOCC4)CC3)cc12. The molecule has 33 heavy (non-hydrogen) atoms. The number of likely N-dealkylation sites (tertiary alicyclic amines) is 1. The van der Waals surface area contributed by atoms with Gasteiger partial charge in [-0.1, -0.05) is 23.7 Å². The lowest BCUT2D eigenvalue weighted by Crippen LogP contribution is -2.40. The van der Waals surface area contributed by atoms with Gasteiger partial charge >= 0.3 is 0 Å². The summed E-state index contributed by atoms with van der Waals surface area (Å²) in [7, 11) is 0. The molecule has 2 saturated heterocycles. The van der Waals surface area contributed by atoms with Crippen LogP contribution in [0.4, 0.5) is 0 Å². The van der Waals surface area contributed by atoms with Crippen molar-refractivity contribution in [3.05, 3.63) is 51.5 Å². The molecule has 0 atom stereocenters. The summed E-state index contributed by atoms with van der Waals surface area (Å²) in [5.74, 6) is 0.884. The van der Waals surface area contributed by atoms with E-state index < -0.39 is 0 Å². The first kappa shape index (κ1) is 22.8. The highest BCUT2D eigenvalue weighted by atomic mass is 35.5. The molecule has 3 aromatic rings. The number of aryl methyl sites for hydroxylation is 1. The number of ether oxygens (including phenoxy) is 1. The maximum absolute atomic E-state index is 13.3. The first-order valence-electron chi connectivity index (χ1n) is 11.9. The Balaban J connectivity index is 1.20. The van der Waals surface area contributed by atoms with Gasteiger partial charge in [0.2, 0.25) is 0 Å². The molecule has 6 nitrogen and oxygen atoms in total. The van der Waals surface area contributed by atoms with E-state index in [1.54, 1.807) is 11.3 Å². The number of benzene rings is 1. The number of hydrogen-bond donors (Lipinski definition) is 0. The standard InChI is InChI=1S/C25H31ClN4O2S/c1-18-22-16-23(33-25(22)30(27-18)17-20-2-4-21(26)5-3-20)24(31)29-10-7-19(8-11-29)6-9-28-12-14-32-15-13-28/h2-5,16,19H,6-15,17H2,1H3. The third kappa shape index (κ3) is 5.27. The van der Waals surface area contributed by atoms with Gasteiger partial charge in [-0.25, -0.2) is 0 Å². The molecule has 2 fully saturated rings. The molecule has 0 radical (unpaired) electrons. The van der Waals surface area contributed by atoms with E-state index >= 15 is 0 Å². The van der Waals surface area contributed by atoms with Gasteiger partial charge in [-0.15, -0.1) is 11.3 Å². The topological polar surface area (TPSA) is 50.6 Å². The van der Waals surface area contributed by atoms with E-state index in [2.05, 4.69) is 4.90 Å². The molecule has 0 spiro atoms. The van der Waals surface area contributed by atoms with Crippen molar-refractivity contribution in [3.63, 3.8) is 0 Å². The van der Waals surface area contributed by atoms with Gasteiger partial charge in [-0.2, -0.15) is 5.10 Å². The lowest BCUT2D eigenvalue weighted by atomic mass is 9.93. The van der Waals surface area contributed by atoms with Gasteiger partial charge in [0.25, 0.3) is 5.91 Å². The molecule has 0 unspecified atom stereocenters. The summed E-state index contributed by atoms with van der Waals surface area (Å²) >= 11 is 7.58. The van der Waals surface area contributed by atoms with E-state index in [1.807, 2.05) is 46.8 Å². The third-order valence-corrected chi connectivity index (χ3v) is 8.31. The van der Waals surface area contributed by atoms with Gasteiger partial charge < -0.3 is 9.64 Å². The Morgan fingerprint density at radius 1 is 1.15 bits per heavy atom. The van der Waals surface area contributed by atoms with Gasteiger partial charge in [-0.05, 0) is 62.4 Å². The minimum Gasteiger partial charge on any atom is -0.379 e. The van der Waals surface area contributed by atoms with Crippen molar-refractivity contribution in [1.29, 1.82) is 0 Å². The molecule has 0 N–H and O–H groups in total. The van der Waals surface area contributed by atoms with Crippen LogP contribution in [0.1, 0.15) is 40.2 Å². The van der Waals surface area contributed by atoms with Crippen molar-refractivity contribution in [2.75, 3.05) is 45.9 Å². The Morgan fingerprint density at radius 2 is 1.88 bits per heavy atom. The summed E-state index contributed by atoms with van der Waals surface area (Å²) in [6, 6.07) is 9.88. The molecule has 2 aromatic heterocycles. The number of carbonyl (C=O) groups excluding carboxylic acids is 1. The zero-order chi connectivity index (χ0) is 22.8. The van der Waals surface area contributed by atoms with Gasteiger partial charge in [0.1, 0.15) is 4.83 Å². The van der Waals surface area contributed by atoms with Crippen molar-refractivity contribution < 1.29 is 9.53 Å². The zero-order valence-electron chi connectivity index (χ0n) is 19.1. The summed E-state index contributed by atoms with van der Waals surface area (Å²) in [6.07, 6.45) is 3.43. The number of aromatic nitrogens is 2. The lowest BCUT2D eigenvalue weighted by Gasteiger charge is -2.33. The van der Waals surface area contributed by atoms with Crippen LogP contribution in [-0.4, -0.2) is 71.4 Å². The number of rotatable bonds is 6. The van der Waals surface area contributed by atoms with Crippen molar-refractivity contribution >= 4 is 39.1 Å². The number of hydrogen-bond acceptors (Lipinski definition) is 5. The molecule has 8 heteroatoms. The highest BCUT2D eigenvalue weighted by Gasteiger charge is 2.26. The molecule has 1 aromatic carbocycles. The fourth-order valence-electron chi connectivity index (χ4n) is 4.86. The highest BCUT2D eigenvalue weighted by Crippen LogP contribution is 2.31. The summed E-state index contributed by atoms with van der Waals surface area (Å²) in [5, 5.41) is 6.52. The van der Waals surface area contributed by atoms with Gasteiger partial charge in [0, 0.05) is 36.6 Å². The van der Waals surface area contributed by atoms with Crippen LogP contribution >= 0.6 is 22.9 Å². The maximum atomic E-state index is 13.3. The normalized spacial score (nSPS) is 18.3. The van der Waals surface area contributed by atoms with Crippen molar-refractivity contribution in [2.45, 2.75) is 32.7 Å². The van der Waals surface area contributed by atoms with Crippen LogP contribution in [0.5, 0.6) is 0 Å². The predicted octanol–water partition coefficient (Wildman–Crippen LogP) is 4.68. The lowest BCUT2D eigenvalue weighted by molar-refractivity contribution is 0.0332. The Hall–Kier alpha value is -1.93. The Morgan fingerprint density at radius 3 is 2.61 bits per heavy atom. The molecule has 1 amide bonds. The second-order valence-electron chi connectivity index (χ2n) is 9.18. The number of amides is 1. The van der Waals surface area contributed by atoms with Crippen LogP contribution in [0.2, 0.25) is 5.02 Å². The van der Waals surface area contributed by atoms with Crippen molar-refractivity contribution in [2.24, 2.45) is 5.92 Å². The molecule has 0 bridgehead atoms. The zero-order valence-corrected chi connectivity index (χ0v) is 20.7. The number of piperidine rings is 1. The van der Waals surface area contributed by atoms with E-state index in [-0.39, 0.29) is 5.91 Å². The van der Waals surface area contributed by atoms with Crippen LogP contribution < -0.4 is 0 Å². The number of carbonyl (C=O) groups is 1. The van der Waals surface area contributed by atoms with Gasteiger partial charge in [0.15, 0.2) is 0 Å². The average Bonchev–Trinajstić information content (AvgIpc) is 3.41. The number of morpholine rings is 1. The Bertz CT molecular complexity index is 1100. The van der Waals surface area contributed by atoms with E-state index in [0.717, 1.165) is 96.1 Å². The molecular weight excluding hydrogens is 456 g/mol. The molecule has 2 aliphatic heterocycles. The predicted molar refractivity (Wildman–Crippen MR) is 133 cm³/mol. The minimum atomic E-state index is 0.167. The fraction of sp³-hybridized carbons (Fsp3) is 0.520. The molecular formula is C25H31ClN4O2S. The number of fused-ring (bicyclic) bond motifs is 1. The molecule has 2 aliphatic rings. The Labute approximate surface area is 204 Å². The van der Waals surface area contributed by atoms with Crippen LogP contribution in [0.25, 0.3) is 10.2 Å². The van der Waals surface area contributed by atoms with Crippen molar-refractivity contribution in [1.82, 2.24) is 19.6 Å². The summed E-state index contributed by atoms with van der Waals surface area (Å²) in [5.41, 5.74) is 2.11. The van der Waals surface area contributed by atoms with Crippen LogP contribution in [0.15, 0.2) is 30.3 Å². The quantitative estimate of drug-likeness (QED) is 0.507. The second-order valence-corrected chi connectivity index (χ2v) is 10.6. The van der Waals surface area contributed by atoms with E-state index in [9.17, 15) is 4.79 Å².